The molecule has 0 saturated carbocycles. The predicted octanol–water partition coefficient (Wildman–Crippen LogP) is 2.86. The zero-order chi connectivity index (χ0) is 22.7. The summed E-state index contributed by atoms with van der Waals surface area (Å²) in [6.45, 7) is 1.50. The fraction of sp³-hybridized carbons (Fsp3) is 0.208. The smallest absolute Gasteiger partial charge is 0.336 e. The van der Waals surface area contributed by atoms with Gasteiger partial charge in [0.15, 0.2) is 6.61 Å². The molecule has 32 heavy (non-hydrogen) atoms. The minimum Gasteiger partial charge on any atom is -0.484 e. The molecule has 0 aliphatic rings. The van der Waals surface area contributed by atoms with Crippen LogP contribution in [-0.2, 0) is 20.7 Å². The quantitative estimate of drug-likeness (QED) is 0.342. The van der Waals surface area contributed by atoms with Gasteiger partial charge < -0.3 is 24.2 Å². The van der Waals surface area contributed by atoms with Crippen molar-refractivity contribution in [3.8, 4) is 5.75 Å². The Bertz CT molecular complexity index is 1350. The van der Waals surface area contributed by atoms with Crippen molar-refractivity contribution in [3.05, 3.63) is 76.3 Å². The molecule has 164 valence electrons. The number of carbonyl (C=O) groups excluding carboxylic acids is 2. The molecule has 0 radical (unpaired) electrons. The third-order valence-corrected chi connectivity index (χ3v) is 5.21. The lowest BCUT2D eigenvalue weighted by Crippen LogP contribution is -2.44. The molecule has 0 bridgehead atoms. The Hall–Kier alpha value is -4.07. The topological polar surface area (TPSA) is 111 Å². The van der Waals surface area contributed by atoms with Crippen LogP contribution >= 0.6 is 0 Å². The number of fused-ring (bicyclic) bond motifs is 2. The standard InChI is InChI=1S/C24H22N2O6/c1-14-9-23(28)32-21-11-16(7-8-17(14)21)31-13-22(27)26-20(24(29)30-2)10-15-12-25-19-6-4-3-5-18(15)19/h3-9,11-12,20,25H,10,13H2,1-2H3,(H,26,27). The highest BCUT2D eigenvalue weighted by molar-refractivity contribution is 5.88. The molecular weight excluding hydrogens is 412 g/mol. The fourth-order valence-corrected chi connectivity index (χ4v) is 3.64. The Morgan fingerprint density at radius 3 is 2.75 bits per heavy atom. The van der Waals surface area contributed by atoms with Crippen LogP contribution in [0.25, 0.3) is 21.9 Å². The second-order valence-corrected chi connectivity index (χ2v) is 7.40. The largest absolute Gasteiger partial charge is 0.484 e. The van der Waals surface area contributed by atoms with Gasteiger partial charge in [-0.15, -0.1) is 0 Å². The van der Waals surface area contributed by atoms with Crippen molar-refractivity contribution in [3.63, 3.8) is 0 Å². The first-order valence-electron chi connectivity index (χ1n) is 10.0. The first-order valence-corrected chi connectivity index (χ1v) is 10.0. The molecule has 2 N–H and O–H groups in total. The van der Waals surface area contributed by atoms with Crippen LogP contribution in [0.15, 0.2) is 63.9 Å². The molecule has 0 aliphatic heterocycles. The molecule has 2 aromatic carbocycles. The van der Waals surface area contributed by atoms with Crippen LogP contribution in [-0.4, -0.2) is 36.6 Å². The van der Waals surface area contributed by atoms with Gasteiger partial charge in [0.05, 0.1) is 7.11 Å². The molecule has 1 amide bonds. The van der Waals surface area contributed by atoms with E-state index in [1.165, 1.54) is 13.2 Å². The molecule has 0 aliphatic carbocycles. The Morgan fingerprint density at radius 1 is 1.12 bits per heavy atom. The van der Waals surface area contributed by atoms with Crippen molar-refractivity contribution >= 4 is 33.7 Å². The zero-order valence-corrected chi connectivity index (χ0v) is 17.6. The van der Waals surface area contributed by atoms with Gasteiger partial charge in [0.1, 0.15) is 17.4 Å². The van der Waals surface area contributed by atoms with Crippen molar-refractivity contribution < 1.29 is 23.5 Å². The van der Waals surface area contributed by atoms with Crippen LogP contribution in [0.5, 0.6) is 5.75 Å². The van der Waals surface area contributed by atoms with Gasteiger partial charge in [-0.3, -0.25) is 4.79 Å². The first kappa shape index (κ1) is 21.2. The third kappa shape index (κ3) is 4.49. The predicted molar refractivity (Wildman–Crippen MR) is 119 cm³/mol. The molecule has 2 aromatic heterocycles. The van der Waals surface area contributed by atoms with Gasteiger partial charge in [0.2, 0.25) is 0 Å². The lowest BCUT2D eigenvalue weighted by Gasteiger charge is -2.16. The monoisotopic (exact) mass is 434 g/mol. The number of para-hydroxylation sites is 1. The number of rotatable bonds is 7. The third-order valence-electron chi connectivity index (χ3n) is 5.21. The summed E-state index contributed by atoms with van der Waals surface area (Å²) in [4.78, 5) is 39.5. The van der Waals surface area contributed by atoms with E-state index < -0.39 is 23.5 Å². The molecule has 8 heteroatoms. The molecule has 4 aromatic rings. The number of aromatic amines is 1. The van der Waals surface area contributed by atoms with Gasteiger partial charge in [-0.1, -0.05) is 18.2 Å². The van der Waals surface area contributed by atoms with Gasteiger partial charge >= 0.3 is 11.6 Å². The van der Waals surface area contributed by atoms with E-state index in [4.69, 9.17) is 13.9 Å². The molecule has 0 fully saturated rings. The van der Waals surface area contributed by atoms with Gasteiger partial charge in [0.25, 0.3) is 5.91 Å². The molecule has 8 nitrogen and oxygen atoms in total. The van der Waals surface area contributed by atoms with Crippen molar-refractivity contribution in [1.82, 2.24) is 10.3 Å². The highest BCUT2D eigenvalue weighted by Gasteiger charge is 2.23. The number of aromatic nitrogens is 1. The van der Waals surface area contributed by atoms with Crippen LogP contribution in [0.4, 0.5) is 0 Å². The summed E-state index contributed by atoms with van der Waals surface area (Å²) in [5, 5.41) is 4.43. The minimum absolute atomic E-state index is 0.267. The van der Waals surface area contributed by atoms with Gasteiger partial charge in [-0.2, -0.15) is 0 Å². The van der Waals surface area contributed by atoms with E-state index in [9.17, 15) is 14.4 Å². The van der Waals surface area contributed by atoms with Crippen LogP contribution in [0.1, 0.15) is 11.1 Å². The fourth-order valence-electron chi connectivity index (χ4n) is 3.64. The summed E-state index contributed by atoms with van der Waals surface area (Å²) < 4.78 is 15.6. The van der Waals surface area contributed by atoms with Crippen molar-refractivity contribution in [2.24, 2.45) is 0 Å². The molecule has 0 saturated heterocycles. The maximum Gasteiger partial charge on any atom is 0.336 e. The van der Waals surface area contributed by atoms with Gasteiger partial charge in [0, 0.05) is 41.0 Å². The normalized spacial score (nSPS) is 11.9. The summed E-state index contributed by atoms with van der Waals surface area (Å²) >= 11 is 0. The molecule has 0 spiro atoms. The van der Waals surface area contributed by atoms with Crippen molar-refractivity contribution in [1.29, 1.82) is 0 Å². The molecule has 1 unspecified atom stereocenters. The number of aryl methyl sites for hydroxylation is 1. The zero-order valence-electron chi connectivity index (χ0n) is 17.6. The van der Waals surface area contributed by atoms with E-state index in [-0.39, 0.29) is 13.0 Å². The summed E-state index contributed by atoms with van der Waals surface area (Å²) in [6.07, 6.45) is 2.08. The van der Waals surface area contributed by atoms with E-state index in [1.54, 1.807) is 18.2 Å². The van der Waals surface area contributed by atoms with E-state index >= 15 is 0 Å². The first-order chi connectivity index (χ1) is 15.4. The number of carbonyl (C=O) groups is 2. The second kappa shape index (κ2) is 8.97. The number of amides is 1. The van der Waals surface area contributed by atoms with Gasteiger partial charge in [-0.05, 0) is 36.2 Å². The Balaban J connectivity index is 1.44. The summed E-state index contributed by atoms with van der Waals surface area (Å²) in [7, 11) is 1.28. The number of esters is 1. The lowest BCUT2D eigenvalue weighted by atomic mass is 10.0. The highest BCUT2D eigenvalue weighted by Crippen LogP contribution is 2.22. The van der Waals surface area contributed by atoms with E-state index in [2.05, 4.69) is 10.3 Å². The maximum atomic E-state index is 12.5. The number of benzene rings is 2. The van der Waals surface area contributed by atoms with Crippen LogP contribution < -0.4 is 15.7 Å². The summed E-state index contributed by atoms with van der Waals surface area (Å²) in [5.41, 5.74) is 2.54. The summed E-state index contributed by atoms with van der Waals surface area (Å²) in [5.74, 6) is -0.662. The van der Waals surface area contributed by atoms with E-state index in [0.29, 0.717) is 11.3 Å². The minimum atomic E-state index is -0.868. The molecule has 1 atom stereocenters. The lowest BCUT2D eigenvalue weighted by molar-refractivity contribution is -0.145. The number of methoxy groups -OCH3 is 1. The van der Waals surface area contributed by atoms with Crippen molar-refractivity contribution in [2.45, 2.75) is 19.4 Å². The SMILES string of the molecule is COC(=O)C(Cc1c[nH]c2ccccc12)NC(=O)COc1ccc2c(C)cc(=O)oc2c1. The van der Waals surface area contributed by atoms with Crippen molar-refractivity contribution in [2.75, 3.05) is 13.7 Å². The molecular formula is C24H22N2O6. The number of hydrogen-bond acceptors (Lipinski definition) is 6. The average molecular weight is 434 g/mol. The maximum absolute atomic E-state index is 12.5. The highest BCUT2D eigenvalue weighted by atomic mass is 16.5. The van der Waals surface area contributed by atoms with E-state index in [1.807, 2.05) is 37.4 Å². The Labute approximate surface area is 183 Å². The van der Waals surface area contributed by atoms with Crippen LogP contribution in [0.3, 0.4) is 0 Å². The van der Waals surface area contributed by atoms with E-state index in [0.717, 1.165) is 27.4 Å². The van der Waals surface area contributed by atoms with Crippen LogP contribution in [0, 0.1) is 6.92 Å². The summed E-state index contributed by atoms with van der Waals surface area (Å²) in [6, 6.07) is 13.3. The number of ether oxygens (including phenoxy) is 2. The second-order valence-electron chi connectivity index (χ2n) is 7.40. The van der Waals surface area contributed by atoms with Gasteiger partial charge in [-0.25, -0.2) is 9.59 Å². The molecule has 2 heterocycles. The number of nitrogens with one attached hydrogen (secondary N) is 2. The molecule has 4 rings (SSSR count). The average Bonchev–Trinajstić information content (AvgIpc) is 3.19. The Morgan fingerprint density at radius 2 is 1.94 bits per heavy atom. The number of H-pyrrole nitrogens is 1. The number of hydrogen-bond donors (Lipinski definition) is 2. The Kier molecular flexibility index (Phi) is 5.93. The van der Waals surface area contributed by atoms with Crippen LogP contribution in [0.2, 0.25) is 0 Å².